The molecule has 2 N–H and O–H groups in total. The van der Waals surface area contributed by atoms with Crippen molar-refractivity contribution in [2.75, 3.05) is 5.73 Å². The van der Waals surface area contributed by atoms with E-state index in [-0.39, 0.29) is 5.82 Å². The van der Waals surface area contributed by atoms with Crippen molar-refractivity contribution in [3.63, 3.8) is 0 Å². The highest BCUT2D eigenvalue weighted by Gasteiger charge is 2.06. The quantitative estimate of drug-likeness (QED) is 0.752. The summed E-state index contributed by atoms with van der Waals surface area (Å²) in [6.07, 6.45) is 0. The van der Waals surface area contributed by atoms with E-state index < -0.39 is 0 Å². The molecular formula is C12H8Cl2FN. The topological polar surface area (TPSA) is 26.0 Å². The minimum atomic E-state index is -0.304. The lowest BCUT2D eigenvalue weighted by Gasteiger charge is -2.06. The van der Waals surface area contributed by atoms with Crippen LogP contribution in [0, 0.1) is 5.82 Å². The molecule has 0 bridgehead atoms. The molecule has 0 saturated carbocycles. The van der Waals surface area contributed by atoms with Gasteiger partial charge in [-0.1, -0.05) is 35.3 Å². The average molecular weight is 256 g/mol. The highest BCUT2D eigenvalue weighted by Crippen LogP contribution is 2.33. The van der Waals surface area contributed by atoms with E-state index in [9.17, 15) is 4.39 Å². The number of halogens is 3. The molecule has 2 aromatic carbocycles. The molecule has 4 heteroatoms. The zero-order valence-electron chi connectivity index (χ0n) is 8.18. The highest BCUT2D eigenvalue weighted by molar-refractivity contribution is 6.39. The predicted molar refractivity (Wildman–Crippen MR) is 66.3 cm³/mol. The summed E-state index contributed by atoms with van der Waals surface area (Å²) < 4.78 is 13.0. The van der Waals surface area contributed by atoms with Crippen LogP contribution in [0.15, 0.2) is 36.4 Å². The molecule has 0 heterocycles. The number of rotatable bonds is 1. The van der Waals surface area contributed by atoms with Crippen LogP contribution in [0.4, 0.5) is 10.1 Å². The van der Waals surface area contributed by atoms with Gasteiger partial charge in [-0.15, -0.1) is 0 Å². The maximum Gasteiger partial charge on any atom is 0.123 e. The Kier molecular flexibility index (Phi) is 3.03. The average Bonchev–Trinajstić information content (AvgIpc) is 2.25. The van der Waals surface area contributed by atoms with Crippen molar-refractivity contribution in [3.05, 3.63) is 52.3 Å². The number of nitrogens with two attached hydrogens (primary N) is 1. The largest absolute Gasteiger partial charge is 0.396 e. The van der Waals surface area contributed by atoms with Crippen molar-refractivity contribution in [2.24, 2.45) is 0 Å². The van der Waals surface area contributed by atoms with Gasteiger partial charge in [0.2, 0.25) is 0 Å². The molecule has 0 aliphatic carbocycles. The third-order valence-corrected chi connectivity index (χ3v) is 2.86. The molecule has 2 aromatic rings. The maximum absolute atomic E-state index is 13.0. The summed E-state index contributed by atoms with van der Waals surface area (Å²) >= 11 is 11.8. The molecule has 0 unspecified atom stereocenters. The monoisotopic (exact) mass is 255 g/mol. The minimum absolute atomic E-state index is 0.304. The van der Waals surface area contributed by atoms with Crippen molar-refractivity contribution in [1.82, 2.24) is 0 Å². The van der Waals surface area contributed by atoms with Crippen LogP contribution in [-0.2, 0) is 0 Å². The Bertz CT molecular complexity index is 517. The second-order valence-corrected chi connectivity index (χ2v) is 4.18. The number of nitrogen functional groups attached to an aromatic ring is 1. The van der Waals surface area contributed by atoms with Gasteiger partial charge in [-0.3, -0.25) is 0 Å². The molecule has 0 aromatic heterocycles. The van der Waals surface area contributed by atoms with Crippen LogP contribution in [0.5, 0.6) is 0 Å². The summed E-state index contributed by atoms with van der Waals surface area (Å²) in [6.45, 7) is 0. The van der Waals surface area contributed by atoms with Crippen molar-refractivity contribution in [1.29, 1.82) is 0 Å². The molecule has 0 fully saturated rings. The molecule has 82 valence electrons. The van der Waals surface area contributed by atoms with Gasteiger partial charge in [-0.2, -0.15) is 0 Å². The molecule has 0 spiro atoms. The van der Waals surface area contributed by atoms with Crippen LogP contribution in [0.25, 0.3) is 11.1 Å². The van der Waals surface area contributed by atoms with Crippen LogP contribution in [0.1, 0.15) is 0 Å². The Hall–Kier alpha value is -1.25. The van der Waals surface area contributed by atoms with Gasteiger partial charge in [0.15, 0.2) is 0 Å². The van der Waals surface area contributed by atoms with Crippen molar-refractivity contribution in [2.45, 2.75) is 0 Å². The van der Waals surface area contributed by atoms with E-state index in [1.54, 1.807) is 24.3 Å². The zero-order chi connectivity index (χ0) is 11.7. The number of anilines is 1. The lowest BCUT2D eigenvalue weighted by molar-refractivity contribution is 0.628. The van der Waals surface area contributed by atoms with Crippen molar-refractivity contribution >= 4 is 28.9 Å². The number of hydrogen-bond donors (Lipinski definition) is 1. The lowest BCUT2D eigenvalue weighted by Crippen LogP contribution is -1.89. The second kappa shape index (κ2) is 4.32. The Morgan fingerprint density at radius 2 is 1.56 bits per heavy atom. The first-order valence-corrected chi connectivity index (χ1v) is 5.34. The van der Waals surface area contributed by atoms with Gasteiger partial charge in [0.1, 0.15) is 5.82 Å². The lowest BCUT2D eigenvalue weighted by atomic mass is 10.1. The molecule has 1 nitrogen and oxygen atoms in total. The van der Waals surface area contributed by atoms with E-state index in [4.69, 9.17) is 28.9 Å². The van der Waals surface area contributed by atoms with Crippen LogP contribution < -0.4 is 5.73 Å². The smallest absolute Gasteiger partial charge is 0.123 e. The Balaban J connectivity index is 2.57. The second-order valence-electron chi connectivity index (χ2n) is 3.36. The maximum atomic E-state index is 13.0. The Morgan fingerprint density at radius 1 is 0.938 bits per heavy atom. The standard InChI is InChI=1S/C12H8Cl2FN/c13-10-5-8(6-11(14)12(10)16)7-2-1-3-9(15)4-7/h1-6H,16H2. The summed E-state index contributed by atoms with van der Waals surface area (Å²) in [5.41, 5.74) is 7.41. The Morgan fingerprint density at radius 3 is 2.12 bits per heavy atom. The van der Waals surface area contributed by atoms with Crippen LogP contribution in [-0.4, -0.2) is 0 Å². The molecule has 0 saturated heterocycles. The first-order valence-electron chi connectivity index (χ1n) is 4.58. The normalized spacial score (nSPS) is 10.4. The third-order valence-electron chi connectivity index (χ3n) is 2.24. The molecule has 0 aliphatic rings. The highest BCUT2D eigenvalue weighted by atomic mass is 35.5. The van der Waals surface area contributed by atoms with Crippen molar-refractivity contribution < 1.29 is 4.39 Å². The third kappa shape index (κ3) is 2.13. The van der Waals surface area contributed by atoms with Gasteiger partial charge >= 0.3 is 0 Å². The minimum Gasteiger partial charge on any atom is -0.396 e. The molecular weight excluding hydrogens is 248 g/mol. The predicted octanol–water partition coefficient (Wildman–Crippen LogP) is 4.38. The molecule has 16 heavy (non-hydrogen) atoms. The van der Waals surface area contributed by atoms with E-state index >= 15 is 0 Å². The Labute approximate surface area is 103 Å². The fraction of sp³-hybridized carbons (Fsp3) is 0. The summed E-state index contributed by atoms with van der Waals surface area (Å²) in [5.74, 6) is -0.304. The van der Waals surface area contributed by atoms with E-state index in [1.807, 2.05) is 0 Å². The first-order chi connectivity index (χ1) is 7.58. The van der Waals surface area contributed by atoms with E-state index in [0.29, 0.717) is 21.3 Å². The summed E-state index contributed by atoms with van der Waals surface area (Å²) in [4.78, 5) is 0. The molecule has 0 aliphatic heterocycles. The van der Waals surface area contributed by atoms with E-state index in [0.717, 1.165) is 5.56 Å². The van der Waals surface area contributed by atoms with Gasteiger partial charge in [-0.25, -0.2) is 4.39 Å². The van der Waals surface area contributed by atoms with Crippen LogP contribution >= 0.6 is 23.2 Å². The van der Waals surface area contributed by atoms with Gasteiger partial charge in [-0.05, 0) is 35.4 Å². The first kappa shape index (κ1) is 11.2. The van der Waals surface area contributed by atoms with Crippen LogP contribution in [0.2, 0.25) is 10.0 Å². The van der Waals surface area contributed by atoms with Gasteiger partial charge in [0.05, 0.1) is 15.7 Å². The van der Waals surface area contributed by atoms with Crippen LogP contribution in [0.3, 0.4) is 0 Å². The van der Waals surface area contributed by atoms with E-state index in [1.165, 1.54) is 12.1 Å². The zero-order valence-corrected chi connectivity index (χ0v) is 9.69. The van der Waals surface area contributed by atoms with Gasteiger partial charge in [0, 0.05) is 0 Å². The number of hydrogen-bond acceptors (Lipinski definition) is 1. The molecule has 0 atom stereocenters. The number of benzene rings is 2. The van der Waals surface area contributed by atoms with E-state index in [2.05, 4.69) is 0 Å². The SMILES string of the molecule is Nc1c(Cl)cc(-c2cccc(F)c2)cc1Cl. The summed E-state index contributed by atoms with van der Waals surface area (Å²) in [6, 6.07) is 9.53. The fourth-order valence-corrected chi connectivity index (χ4v) is 1.91. The molecule has 2 rings (SSSR count). The van der Waals surface area contributed by atoms with Gasteiger partial charge in [0.25, 0.3) is 0 Å². The molecule has 0 radical (unpaired) electrons. The van der Waals surface area contributed by atoms with Gasteiger partial charge < -0.3 is 5.73 Å². The fourth-order valence-electron chi connectivity index (χ4n) is 1.42. The van der Waals surface area contributed by atoms with Crippen molar-refractivity contribution in [3.8, 4) is 11.1 Å². The summed E-state index contributed by atoms with van der Waals surface area (Å²) in [7, 11) is 0. The molecule has 0 amide bonds. The summed E-state index contributed by atoms with van der Waals surface area (Å²) in [5, 5.41) is 0.735.